The maximum Gasteiger partial charge on any atom is 0.319 e. The number of hydrogen-bond donors (Lipinski definition) is 1. The Kier molecular flexibility index (Phi) is 6.27. The SMILES string of the molecule is C#Cc1c(F)ccc2cc(O)cc(-c3nc4c5c(nc(OC[C@@]67CCCN6C[C@H](F)C7)nc5c3F)N(C)CCCO4)c12. The highest BCUT2D eigenvalue weighted by molar-refractivity contribution is 6.04. The average Bonchev–Trinajstić information content (AvgIpc) is 3.49. The van der Waals surface area contributed by atoms with Gasteiger partial charge in [-0.2, -0.15) is 9.97 Å². The number of anilines is 1. The Morgan fingerprint density at radius 3 is 2.86 bits per heavy atom. The van der Waals surface area contributed by atoms with Crippen molar-refractivity contribution < 1.29 is 27.8 Å². The van der Waals surface area contributed by atoms with E-state index in [1.54, 1.807) is 0 Å². The summed E-state index contributed by atoms with van der Waals surface area (Å²) in [7, 11) is 1.83. The van der Waals surface area contributed by atoms with E-state index in [0.29, 0.717) is 43.7 Å². The Hall–Kier alpha value is -4.30. The summed E-state index contributed by atoms with van der Waals surface area (Å²) in [5.74, 6) is 1.17. The number of aromatic hydroxyl groups is 1. The van der Waals surface area contributed by atoms with Crippen molar-refractivity contribution in [2.24, 2.45) is 0 Å². The molecule has 8 nitrogen and oxygen atoms in total. The van der Waals surface area contributed by atoms with Crippen molar-refractivity contribution in [3.8, 4) is 41.2 Å². The second-order valence-corrected chi connectivity index (χ2v) is 11.3. The van der Waals surface area contributed by atoms with Gasteiger partial charge in [0.05, 0.1) is 17.7 Å². The van der Waals surface area contributed by atoms with Crippen LogP contribution in [0.5, 0.6) is 17.6 Å². The highest BCUT2D eigenvalue weighted by atomic mass is 19.1. The van der Waals surface area contributed by atoms with Crippen LogP contribution in [-0.4, -0.2) is 76.6 Å². The van der Waals surface area contributed by atoms with Crippen LogP contribution in [0.15, 0.2) is 24.3 Å². The van der Waals surface area contributed by atoms with E-state index in [1.165, 1.54) is 24.3 Å². The molecule has 0 radical (unpaired) electrons. The maximum absolute atomic E-state index is 16.7. The van der Waals surface area contributed by atoms with Gasteiger partial charge >= 0.3 is 6.01 Å². The number of ether oxygens (including phenoxy) is 2. The second kappa shape index (κ2) is 9.91. The summed E-state index contributed by atoms with van der Waals surface area (Å²) in [6, 6.07) is 5.33. The standard InChI is InChI=1S/C31H28F3N5O3/c1-3-20-22(33)7-6-17-12-19(40)13-21(23(17)20)26-25(34)27-24-28(38(2)9-5-11-41-29(24)35-26)37-30(36-27)42-16-31-8-4-10-39(31)15-18(32)14-31/h1,6-7,12-13,18,40H,4-5,8-11,14-16H2,2H3/t18-,31+/m1/s1. The van der Waals surface area contributed by atoms with E-state index in [-0.39, 0.29) is 57.4 Å². The number of hydrogen-bond acceptors (Lipinski definition) is 8. The van der Waals surface area contributed by atoms with Crippen molar-refractivity contribution in [1.29, 1.82) is 0 Å². The summed E-state index contributed by atoms with van der Waals surface area (Å²) in [6.07, 6.45) is 7.49. The Morgan fingerprint density at radius 2 is 2.02 bits per heavy atom. The lowest BCUT2D eigenvalue weighted by Crippen LogP contribution is -2.43. The van der Waals surface area contributed by atoms with Crippen LogP contribution in [0.3, 0.4) is 0 Å². The molecule has 7 rings (SSSR count). The van der Waals surface area contributed by atoms with Gasteiger partial charge in [0, 0.05) is 37.5 Å². The third-order valence-corrected chi connectivity index (χ3v) is 8.63. The predicted octanol–water partition coefficient (Wildman–Crippen LogP) is 4.98. The molecule has 3 aliphatic rings. The number of halogens is 3. The molecule has 216 valence electrons. The van der Waals surface area contributed by atoms with E-state index in [0.717, 1.165) is 19.4 Å². The molecule has 0 amide bonds. The number of rotatable bonds is 4. The zero-order chi connectivity index (χ0) is 29.2. The third kappa shape index (κ3) is 4.16. The number of pyridine rings is 1. The molecule has 42 heavy (non-hydrogen) atoms. The average molecular weight is 576 g/mol. The van der Waals surface area contributed by atoms with Crippen molar-refractivity contribution >= 4 is 27.5 Å². The molecule has 2 aromatic heterocycles. The molecule has 2 atom stereocenters. The fourth-order valence-electron chi connectivity index (χ4n) is 6.70. The fourth-order valence-corrected chi connectivity index (χ4v) is 6.70. The maximum atomic E-state index is 16.7. The lowest BCUT2D eigenvalue weighted by atomic mass is 9.95. The van der Waals surface area contributed by atoms with Crippen LogP contribution in [0, 0.1) is 24.0 Å². The van der Waals surface area contributed by atoms with E-state index in [1.807, 2.05) is 11.9 Å². The molecule has 1 N–H and O–H groups in total. The van der Waals surface area contributed by atoms with Crippen molar-refractivity contribution in [3.05, 3.63) is 41.5 Å². The van der Waals surface area contributed by atoms with E-state index >= 15 is 4.39 Å². The summed E-state index contributed by atoms with van der Waals surface area (Å²) >= 11 is 0. The smallest absolute Gasteiger partial charge is 0.319 e. The van der Waals surface area contributed by atoms with Crippen molar-refractivity contribution in [3.63, 3.8) is 0 Å². The van der Waals surface area contributed by atoms with E-state index in [9.17, 15) is 13.9 Å². The van der Waals surface area contributed by atoms with Gasteiger partial charge in [-0.25, -0.2) is 18.2 Å². The van der Waals surface area contributed by atoms with Crippen LogP contribution >= 0.6 is 0 Å². The molecule has 2 saturated heterocycles. The molecule has 2 aromatic carbocycles. The van der Waals surface area contributed by atoms with Crippen molar-refractivity contribution in [2.45, 2.75) is 37.4 Å². The van der Waals surface area contributed by atoms with Crippen LogP contribution in [-0.2, 0) is 0 Å². The largest absolute Gasteiger partial charge is 0.508 e. The van der Waals surface area contributed by atoms with E-state index < -0.39 is 23.3 Å². The van der Waals surface area contributed by atoms with Crippen LogP contribution in [0.2, 0.25) is 0 Å². The number of phenols is 1. The number of terminal acetylenes is 1. The van der Waals surface area contributed by atoms with Gasteiger partial charge < -0.3 is 19.5 Å². The number of nitrogens with zero attached hydrogens (tertiary/aromatic N) is 5. The fraction of sp³-hybridized carbons (Fsp3) is 0.387. The second-order valence-electron chi connectivity index (χ2n) is 11.3. The summed E-state index contributed by atoms with van der Waals surface area (Å²) < 4.78 is 57.9. The normalized spacial score (nSPS) is 22.1. The summed E-state index contributed by atoms with van der Waals surface area (Å²) in [5.41, 5.74) is -0.745. The molecule has 3 aliphatic heterocycles. The first kappa shape index (κ1) is 26.6. The van der Waals surface area contributed by atoms with Crippen LogP contribution in [0.1, 0.15) is 31.2 Å². The lowest BCUT2D eigenvalue weighted by molar-refractivity contribution is 0.107. The number of fused-ring (bicyclic) bond motifs is 2. The lowest BCUT2D eigenvalue weighted by Gasteiger charge is -2.31. The minimum Gasteiger partial charge on any atom is -0.508 e. The van der Waals surface area contributed by atoms with Gasteiger partial charge in [-0.3, -0.25) is 4.90 Å². The highest BCUT2D eigenvalue weighted by Crippen LogP contribution is 2.43. The Labute approximate surface area is 240 Å². The van der Waals surface area contributed by atoms with E-state index in [4.69, 9.17) is 15.9 Å². The number of alkyl halides is 1. The summed E-state index contributed by atoms with van der Waals surface area (Å²) in [4.78, 5) is 17.6. The molecule has 0 spiro atoms. The molecule has 5 heterocycles. The molecule has 0 saturated carbocycles. The zero-order valence-corrected chi connectivity index (χ0v) is 23.0. The minimum absolute atomic E-state index is 0.0495. The van der Waals surface area contributed by atoms with Gasteiger partial charge in [-0.15, -0.1) is 6.42 Å². The van der Waals surface area contributed by atoms with Crippen molar-refractivity contribution in [2.75, 3.05) is 44.8 Å². The first-order valence-corrected chi connectivity index (χ1v) is 14.0. The van der Waals surface area contributed by atoms with Gasteiger partial charge in [-0.1, -0.05) is 12.0 Å². The first-order chi connectivity index (χ1) is 20.3. The predicted molar refractivity (Wildman–Crippen MR) is 152 cm³/mol. The molecule has 11 heteroatoms. The van der Waals surface area contributed by atoms with Crippen LogP contribution in [0.4, 0.5) is 19.0 Å². The Balaban J connectivity index is 1.43. The Bertz CT molecular complexity index is 1790. The summed E-state index contributed by atoms with van der Waals surface area (Å²) in [6.45, 7) is 2.24. The molecular formula is C31H28F3N5O3. The van der Waals surface area contributed by atoms with Crippen LogP contribution in [0.25, 0.3) is 32.9 Å². The van der Waals surface area contributed by atoms with Crippen LogP contribution < -0.4 is 14.4 Å². The van der Waals surface area contributed by atoms with Gasteiger partial charge in [0.15, 0.2) is 5.82 Å². The molecule has 2 fully saturated rings. The minimum atomic E-state index is -0.924. The number of aromatic nitrogens is 3. The first-order valence-electron chi connectivity index (χ1n) is 14.0. The zero-order valence-electron chi connectivity index (χ0n) is 23.0. The van der Waals surface area contributed by atoms with Gasteiger partial charge in [-0.05, 0) is 49.4 Å². The highest BCUT2D eigenvalue weighted by Gasteiger charge is 2.49. The van der Waals surface area contributed by atoms with Gasteiger partial charge in [0.25, 0.3) is 0 Å². The molecule has 4 aromatic rings. The monoisotopic (exact) mass is 575 g/mol. The van der Waals surface area contributed by atoms with Gasteiger partial charge in [0.2, 0.25) is 5.88 Å². The number of benzene rings is 2. The quantitative estimate of drug-likeness (QED) is 0.341. The molecule has 0 unspecified atom stereocenters. The molecule has 0 bridgehead atoms. The molecular weight excluding hydrogens is 547 g/mol. The van der Waals surface area contributed by atoms with E-state index in [2.05, 4.69) is 25.8 Å². The summed E-state index contributed by atoms with van der Waals surface area (Å²) in [5, 5.41) is 11.4. The Morgan fingerprint density at radius 1 is 1.17 bits per heavy atom. The topological polar surface area (TPSA) is 83.8 Å². The molecule has 0 aliphatic carbocycles. The number of phenolic OH excluding ortho intramolecular Hbond substituents is 1. The van der Waals surface area contributed by atoms with Crippen molar-refractivity contribution in [1.82, 2.24) is 19.9 Å². The third-order valence-electron chi connectivity index (χ3n) is 8.63. The van der Waals surface area contributed by atoms with Gasteiger partial charge in [0.1, 0.15) is 46.8 Å².